The third-order valence-corrected chi connectivity index (χ3v) is 4.38. The van der Waals surface area contributed by atoms with E-state index in [0.717, 1.165) is 31.2 Å². The average molecular weight is 325 g/mol. The molecule has 1 saturated heterocycles. The van der Waals surface area contributed by atoms with Crippen LogP contribution in [-0.2, 0) is 7.05 Å². The first-order valence-electron chi connectivity index (χ1n) is 7.51. The zero-order valence-corrected chi connectivity index (χ0v) is 13.6. The van der Waals surface area contributed by atoms with Gasteiger partial charge < -0.3 is 9.84 Å². The van der Waals surface area contributed by atoms with Crippen LogP contribution in [0.1, 0.15) is 36.3 Å². The normalized spacial score (nSPS) is 22.5. The van der Waals surface area contributed by atoms with Crippen molar-refractivity contribution in [1.29, 1.82) is 0 Å². The molecule has 0 amide bonds. The minimum atomic E-state index is 0. The van der Waals surface area contributed by atoms with E-state index >= 15 is 0 Å². The van der Waals surface area contributed by atoms with Gasteiger partial charge in [-0.1, -0.05) is 5.16 Å². The van der Waals surface area contributed by atoms with Crippen LogP contribution in [0.5, 0.6) is 0 Å². The molecular formula is C14H21ClN6O. The summed E-state index contributed by atoms with van der Waals surface area (Å²) in [5.41, 5.74) is 2.05. The van der Waals surface area contributed by atoms with E-state index in [2.05, 4.69) is 38.6 Å². The van der Waals surface area contributed by atoms with Crippen molar-refractivity contribution >= 4 is 12.4 Å². The first-order chi connectivity index (χ1) is 10.2. The second kappa shape index (κ2) is 5.98. The molecule has 0 spiro atoms. The Bertz CT molecular complexity index is 650. The fourth-order valence-corrected chi connectivity index (χ4v) is 2.92. The summed E-state index contributed by atoms with van der Waals surface area (Å²) in [5, 5.41) is 12.0. The van der Waals surface area contributed by atoms with E-state index < -0.39 is 0 Å². The molecule has 1 unspecified atom stereocenters. The number of nitrogens with zero attached hydrogens (tertiary/aromatic N) is 5. The van der Waals surface area contributed by atoms with Gasteiger partial charge in [-0.15, -0.1) is 12.4 Å². The third kappa shape index (κ3) is 2.76. The molecule has 2 fully saturated rings. The standard InChI is InChI=1S/C14H20N6O.ClH/c1-19-6-5-15-8-12(19)13-16-14(21-18-13)10-7-11(9-3-4-9)20(2)17-10;/h7,9,12,15H,3-6,8H2,1-2H3;1H. The van der Waals surface area contributed by atoms with Crippen molar-refractivity contribution in [2.75, 3.05) is 26.7 Å². The number of halogens is 1. The van der Waals surface area contributed by atoms with Crippen molar-refractivity contribution in [3.63, 3.8) is 0 Å². The highest BCUT2D eigenvalue weighted by Gasteiger charge is 2.29. The molecule has 0 aromatic carbocycles. The van der Waals surface area contributed by atoms with Gasteiger partial charge in [-0.2, -0.15) is 10.1 Å². The van der Waals surface area contributed by atoms with Gasteiger partial charge in [-0.3, -0.25) is 9.58 Å². The van der Waals surface area contributed by atoms with Gasteiger partial charge in [0.15, 0.2) is 11.5 Å². The fourth-order valence-electron chi connectivity index (χ4n) is 2.92. The van der Waals surface area contributed by atoms with Gasteiger partial charge in [0, 0.05) is 38.3 Å². The topological polar surface area (TPSA) is 72.0 Å². The molecule has 2 aromatic rings. The number of rotatable bonds is 3. The first-order valence-corrected chi connectivity index (χ1v) is 7.51. The number of piperazine rings is 1. The summed E-state index contributed by atoms with van der Waals surface area (Å²) in [6.45, 7) is 2.84. The largest absolute Gasteiger partial charge is 0.332 e. The number of nitrogens with one attached hydrogen (secondary N) is 1. The highest BCUT2D eigenvalue weighted by Crippen LogP contribution is 2.40. The van der Waals surface area contributed by atoms with E-state index in [9.17, 15) is 0 Å². The Morgan fingerprint density at radius 2 is 2.14 bits per heavy atom. The van der Waals surface area contributed by atoms with Gasteiger partial charge in [-0.25, -0.2) is 0 Å². The Morgan fingerprint density at radius 3 is 2.86 bits per heavy atom. The minimum Gasteiger partial charge on any atom is -0.332 e. The number of hydrogen-bond donors (Lipinski definition) is 1. The molecule has 1 aliphatic carbocycles. The van der Waals surface area contributed by atoms with Crippen LogP contribution < -0.4 is 5.32 Å². The molecule has 120 valence electrons. The van der Waals surface area contributed by atoms with E-state index in [1.54, 1.807) is 0 Å². The van der Waals surface area contributed by atoms with Crippen LogP contribution in [0, 0.1) is 0 Å². The van der Waals surface area contributed by atoms with Crippen molar-refractivity contribution < 1.29 is 4.52 Å². The predicted molar refractivity (Wildman–Crippen MR) is 84.0 cm³/mol. The molecule has 1 N–H and O–H groups in total. The van der Waals surface area contributed by atoms with Crippen molar-refractivity contribution in [1.82, 2.24) is 30.1 Å². The maximum absolute atomic E-state index is 5.43. The lowest BCUT2D eigenvalue weighted by Gasteiger charge is -2.30. The van der Waals surface area contributed by atoms with Gasteiger partial charge in [0.1, 0.15) is 0 Å². The summed E-state index contributed by atoms with van der Waals surface area (Å²) in [6, 6.07) is 2.25. The van der Waals surface area contributed by atoms with Crippen LogP contribution in [0.4, 0.5) is 0 Å². The second-order valence-electron chi connectivity index (χ2n) is 6.01. The quantitative estimate of drug-likeness (QED) is 0.918. The predicted octanol–water partition coefficient (Wildman–Crippen LogP) is 1.35. The van der Waals surface area contributed by atoms with Crippen LogP contribution in [0.25, 0.3) is 11.6 Å². The van der Waals surface area contributed by atoms with Gasteiger partial charge in [-0.05, 0) is 26.0 Å². The van der Waals surface area contributed by atoms with E-state index in [0.29, 0.717) is 11.8 Å². The highest BCUT2D eigenvalue weighted by molar-refractivity contribution is 5.85. The molecule has 22 heavy (non-hydrogen) atoms. The lowest BCUT2D eigenvalue weighted by atomic mass is 10.2. The molecule has 7 nitrogen and oxygen atoms in total. The average Bonchev–Trinajstić information content (AvgIpc) is 3.07. The summed E-state index contributed by atoms with van der Waals surface area (Å²) in [6.07, 6.45) is 2.51. The van der Waals surface area contributed by atoms with E-state index in [-0.39, 0.29) is 18.4 Å². The SMILES string of the molecule is CN1CCNCC1c1noc(-c2cc(C3CC3)n(C)n2)n1.Cl. The molecule has 0 bridgehead atoms. The number of aryl methyl sites for hydroxylation is 1. The van der Waals surface area contributed by atoms with Gasteiger partial charge >= 0.3 is 0 Å². The van der Waals surface area contributed by atoms with E-state index in [1.807, 2.05) is 11.7 Å². The van der Waals surface area contributed by atoms with Crippen LogP contribution >= 0.6 is 12.4 Å². The molecule has 4 rings (SSSR count). The number of likely N-dealkylation sites (N-methyl/N-ethyl adjacent to an activating group) is 1. The minimum absolute atomic E-state index is 0. The summed E-state index contributed by atoms with van der Waals surface area (Å²) < 4.78 is 7.37. The molecular weight excluding hydrogens is 304 g/mol. The molecule has 1 saturated carbocycles. The smallest absolute Gasteiger partial charge is 0.278 e. The maximum Gasteiger partial charge on any atom is 0.278 e. The summed E-state index contributed by atoms with van der Waals surface area (Å²) in [7, 11) is 4.07. The van der Waals surface area contributed by atoms with Crippen LogP contribution in [0.15, 0.2) is 10.6 Å². The molecule has 2 aromatic heterocycles. The Balaban J connectivity index is 0.00000144. The molecule has 3 heterocycles. The molecule has 2 aliphatic rings. The van der Waals surface area contributed by atoms with Crippen molar-refractivity contribution in [2.24, 2.45) is 7.05 Å². The Labute approximate surface area is 135 Å². The Hall–Kier alpha value is -1.44. The summed E-state index contributed by atoms with van der Waals surface area (Å²) in [4.78, 5) is 6.80. The zero-order valence-electron chi connectivity index (χ0n) is 12.8. The third-order valence-electron chi connectivity index (χ3n) is 4.38. The summed E-state index contributed by atoms with van der Waals surface area (Å²) >= 11 is 0. The second-order valence-corrected chi connectivity index (χ2v) is 6.01. The van der Waals surface area contributed by atoms with Crippen LogP contribution in [0.2, 0.25) is 0 Å². The molecule has 1 aliphatic heterocycles. The maximum atomic E-state index is 5.43. The molecule has 0 radical (unpaired) electrons. The van der Waals surface area contributed by atoms with Gasteiger partial charge in [0.05, 0.1) is 6.04 Å². The fraction of sp³-hybridized carbons (Fsp3) is 0.643. The van der Waals surface area contributed by atoms with E-state index in [1.165, 1.54) is 18.5 Å². The Kier molecular flexibility index (Phi) is 4.20. The zero-order chi connectivity index (χ0) is 14.4. The van der Waals surface area contributed by atoms with Crippen LogP contribution in [-0.4, -0.2) is 51.5 Å². The van der Waals surface area contributed by atoms with Gasteiger partial charge in [0.25, 0.3) is 5.89 Å². The lowest BCUT2D eigenvalue weighted by molar-refractivity contribution is 0.190. The summed E-state index contributed by atoms with van der Waals surface area (Å²) in [5.74, 6) is 1.91. The molecule has 8 heteroatoms. The first kappa shape index (κ1) is 15.5. The highest BCUT2D eigenvalue weighted by atomic mass is 35.5. The van der Waals surface area contributed by atoms with Gasteiger partial charge in [0.2, 0.25) is 0 Å². The monoisotopic (exact) mass is 324 g/mol. The van der Waals surface area contributed by atoms with E-state index in [4.69, 9.17) is 4.52 Å². The van der Waals surface area contributed by atoms with Crippen molar-refractivity contribution in [3.05, 3.63) is 17.6 Å². The molecule has 1 atom stereocenters. The van der Waals surface area contributed by atoms with Crippen molar-refractivity contribution in [3.8, 4) is 11.6 Å². The number of hydrogen-bond acceptors (Lipinski definition) is 6. The van der Waals surface area contributed by atoms with Crippen molar-refractivity contribution in [2.45, 2.75) is 24.8 Å². The number of aromatic nitrogens is 4. The van der Waals surface area contributed by atoms with Crippen LogP contribution in [0.3, 0.4) is 0 Å². The lowest BCUT2D eigenvalue weighted by Crippen LogP contribution is -2.44. The Morgan fingerprint density at radius 1 is 1.32 bits per heavy atom.